The Bertz CT molecular complexity index is 579. The zero-order valence-corrected chi connectivity index (χ0v) is 11.6. The summed E-state index contributed by atoms with van der Waals surface area (Å²) < 4.78 is 0. The van der Waals surface area contributed by atoms with Crippen molar-refractivity contribution < 1.29 is 0 Å². The van der Waals surface area contributed by atoms with Crippen LogP contribution in [0.5, 0.6) is 0 Å². The second-order valence-electron chi connectivity index (χ2n) is 4.98. The Labute approximate surface area is 117 Å². The minimum absolute atomic E-state index is 0.703. The Balaban J connectivity index is 1.76. The van der Waals surface area contributed by atoms with E-state index in [1.165, 1.54) is 17.7 Å². The minimum atomic E-state index is 0.703. The van der Waals surface area contributed by atoms with Crippen LogP contribution in [0.3, 0.4) is 0 Å². The molecule has 1 heterocycles. The molecule has 2 aromatic rings. The Kier molecular flexibility index (Phi) is 3.63. The van der Waals surface area contributed by atoms with Crippen LogP contribution in [-0.2, 0) is 13.1 Å². The number of thiophene rings is 1. The van der Waals surface area contributed by atoms with E-state index in [-0.39, 0.29) is 0 Å². The van der Waals surface area contributed by atoms with E-state index in [4.69, 9.17) is 0 Å². The van der Waals surface area contributed by atoms with Gasteiger partial charge in [0.15, 0.2) is 0 Å². The molecule has 19 heavy (non-hydrogen) atoms. The van der Waals surface area contributed by atoms with Crippen molar-refractivity contribution in [3.05, 3.63) is 57.8 Å². The van der Waals surface area contributed by atoms with Crippen molar-refractivity contribution in [1.82, 2.24) is 4.90 Å². The average Bonchev–Trinajstić information content (AvgIpc) is 3.17. The molecule has 96 valence electrons. The summed E-state index contributed by atoms with van der Waals surface area (Å²) in [4.78, 5) is 3.91. The van der Waals surface area contributed by atoms with Gasteiger partial charge < -0.3 is 0 Å². The third-order valence-corrected chi connectivity index (χ3v) is 4.37. The number of hydrogen-bond donors (Lipinski definition) is 0. The molecule has 3 heteroatoms. The van der Waals surface area contributed by atoms with Crippen molar-refractivity contribution in [2.24, 2.45) is 0 Å². The molecule has 1 fully saturated rings. The van der Waals surface area contributed by atoms with Gasteiger partial charge in [-0.1, -0.05) is 24.3 Å². The quantitative estimate of drug-likeness (QED) is 0.825. The van der Waals surface area contributed by atoms with Crippen LogP contribution in [0.2, 0.25) is 0 Å². The van der Waals surface area contributed by atoms with Crippen molar-refractivity contribution in [1.29, 1.82) is 5.26 Å². The lowest BCUT2D eigenvalue weighted by atomic mass is 10.1. The van der Waals surface area contributed by atoms with E-state index in [0.717, 1.165) is 24.2 Å². The molecule has 1 aliphatic rings. The van der Waals surface area contributed by atoms with Gasteiger partial charge in [0, 0.05) is 24.0 Å². The predicted octanol–water partition coefficient (Wildman–Crippen LogP) is 3.78. The standard InChI is InChI=1S/C16H16N2S/c17-10-13-4-1-2-5-14(13)11-18(15-7-8-15)12-16-6-3-9-19-16/h1-6,9,15H,7-8,11-12H2. The van der Waals surface area contributed by atoms with Gasteiger partial charge in [-0.05, 0) is 35.9 Å². The fourth-order valence-electron chi connectivity index (χ4n) is 2.34. The van der Waals surface area contributed by atoms with Gasteiger partial charge >= 0.3 is 0 Å². The van der Waals surface area contributed by atoms with Gasteiger partial charge in [0.2, 0.25) is 0 Å². The molecule has 1 saturated carbocycles. The summed E-state index contributed by atoms with van der Waals surface area (Å²) in [6.07, 6.45) is 2.58. The molecule has 0 aliphatic heterocycles. The first kappa shape index (κ1) is 12.4. The summed E-state index contributed by atoms with van der Waals surface area (Å²) in [5.74, 6) is 0. The van der Waals surface area contributed by atoms with Crippen molar-refractivity contribution in [3.8, 4) is 6.07 Å². The second-order valence-corrected chi connectivity index (χ2v) is 6.02. The number of rotatable bonds is 5. The van der Waals surface area contributed by atoms with Crippen molar-refractivity contribution in [2.45, 2.75) is 32.0 Å². The molecule has 1 aliphatic carbocycles. The zero-order valence-electron chi connectivity index (χ0n) is 10.7. The fraction of sp³-hybridized carbons (Fsp3) is 0.312. The van der Waals surface area contributed by atoms with Gasteiger partial charge in [0.05, 0.1) is 11.6 Å². The van der Waals surface area contributed by atoms with Crippen LogP contribution >= 0.6 is 11.3 Å². The summed E-state index contributed by atoms with van der Waals surface area (Å²) in [6, 6.07) is 15.2. The van der Waals surface area contributed by atoms with Crippen LogP contribution in [0, 0.1) is 11.3 Å². The summed E-state index contributed by atoms with van der Waals surface area (Å²) >= 11 is 1.81. The Hall–Kier alpha value is -1.63. The van der Waals surface area contributed by atoms with E-state index in [1.807, 2.05) is 29.5 Å². The summed E-state index contributed by atoms with van der Waals surface area (Å²) in [5.41, 5.74) is 1.95. The normalized spacial score (nSPS) is 14.5. The Morgan fingerprint density at radius 1 is 1.16 bits per heavy atom. The lowest BCUT2D eigenvalue weighted by Crippen LogP contribution is -2.25. The molecule has 0 unspecified atom stereocenters. The minimum Gasteiger partial charge on any atom is -0.291 e. The number of nitrogens with zero attached hydrogens (tertiary/aromatic N) is 2. The molecule has 0 spiro atoms. The number of hydrogen-bond acceptors (Lipinski definition) is 3. The maximum Gasteiger partial charge on any atom is 0.0995 e. The molecular formula is C16H16N2S. The highest BCUT2D eigenvalue weighted by molar-refractivity contribution is 7.09. The molecule has 0 radical (unpaired) electrons. The first-order chi connectivity index (χ1) is 9.36. The average molecular weight is 268 g/mol. The molecule has 0 bridgehead atoms. The molecule has 0 N–H and O–H groups in total. The van der Waals surface area contributed by atoms with E-state index in [0.29, 0.717) is 6.04 Å². The van der Waals surface area contributed by atoms with Crippen molar-refractivity contribution in [3.63, 3.8) is 0 Å². The third-order valence-electron chi connectivity index (χ3n) is 3.51. The van der Waals surface area contributed by atoms with E-state index in [9.17, 15) is 5.26 Å². The van der Waals surface area contributed by atoms with Crippen molar-refractivity contribution >= 4 is 11.3 Å². The summed E-state index contributed by atoms with van der Waals surface area (Å²) in [7, 11) is 0. The van der Waals surface area contributed by atoms with Gasteiger partial charge in [-0.15, -0.1) is 11.3 Å². The Morgan fingerprint density at radius 2 is 2.00 bits per heavy atom. The highest BCUT2D eigenvalue weighted by Gasteiger charge is 2.29. The van der Waals surface area contributed by atoms with Gasteiger partial charge in [-0.2, -0.15) is 5.26 Å². The first-order valence-electron chi connectivity index (χ1n) is 6.61. The van der Waals surface area contributed by atoms with Crippen LogP contribution < -0.4 is 0 Å². The zero-order chi connectivity index (χ0) is 13.1. The lowest BCUT2D eigenvalue weighted by molar-refractivity contribution is 0.248. The highest BCUT2D eigenvalue weighted by Crippen LogP contribution is 2.31. The molecule has 2 nitrogen and oxygen atoms in total. The van der Waals surface area contributed by atoms with Gasteiger partial charge in [0.1, 0.15) is 0 Å². The summed E-state index contributed by atoms with van der Waals surface area (Å²) in [5, 5.41) is 11.3. The van der Waals surface area contributed by atoms with E-state index in [1.54, 1.807) is 0 Å². The first-order valence-corrected chi connectivity index (χ1v) is 7.49. The SMILES string of the molecule is N#Cc1ccccc1CN(Cc1cccs1)C1CC1. The lowest BCUT2D eigenvalue weighted by Gasteiger charge is -2.21. The smallest absolute Gasteiger partial charge is 0.0995 e. The van der Waals surface area contributed by atoms with Crippen LogP contribution in [-0.4, -0.2) is 10.9 Å². The number of benzene rings is 1. The molecule has 0 saturated heterocycles. The van der Waals surface area contributed by atoms with Crippen LogP contribution in [0.15, 0.2) is 41.8 Å². The number of nitriles is 1. The molecule has 0 amide bonds. The monoisotopic (exact) mass is 268 g/mol. The predicted molar refractivity (Wildman–Crippen MR) is 77.7 cm³/mol. The second kappa shape index (κ2) is 5.56. The maximum atomic E-state index is 9.18. The molecular weight excluding hydrogens is 252 g/mol. The van der Waals surface area contributed by atoms with E-state index in [2.05, 4.69) is 34.5 Å². The van der Waals surface area contributed by atoms with Gasteiger partial charge in [-0.3, -0.25) is 4.90 Å². The van der Waals surface area contributed by atoms with Crippen LogP contribution in [0.4, 0.5) is 0 Å². The van der Waals surface area contributed by atoms with Gasteiger partial charge in [0.25, 0.3) is 0 Å². The maximum absolute atomic E-state index is 9.18. The molecule has 1 aromatic carbocycles. The van der Waals surface area contributed by atoms with Crippen LogP contribution in [0.1, 0.15) is 28.8 Å². The Morgan fingerprint density at radius 3 is 2.68 bits per heavy atom. The third kappa shape index (κ3) is 3.04. The van der Waals surface area contributed by atoms with E-state index < -0.39 is 0 Å². The topological polar surface area (TPSA) is 27.0 Å². The van der Waals surface area contributed by atoms with Crippen LogP contribution in [0.25, 0.3) is 0 Å². The van der Waals surface area contributed by atoms with Crippen molar-refractivity contribution in [2.75, 3.05) is 0 Å². The summed E-state index contributed by atoms with van der Waals surface area (Å²) in [6.45, 7) is 1.88. The molecule has 0 atom stereocenters. The van der Waals surface area contributed by atoms with E-state index >= 15 is 0 Å². The highest BCUT2D eigenvalue weighted by atomic mass is 32.1. The fourth-order valence-corrected chi connectivity index (χ4v) is 3.07. The van der Waals surface area contributed by atoms with Gasteiger partial charge in [-0.25, -0.2) is 0 Å². The largest absolute Gasteiger partial charge is 0.291 e. The molecule has 1 aromatic heterocycles. The molecule has 3 rings (SSSR count).